The van der Waals surface area contributed by atoms with Crippen molar-refractivity contribution < 1.29 is 14.6 Å². The molecule has 0 saturated carbocycles. The Morgan fingerprint density at radius 3 is 2.76 bits per heavy atom. The van der Waals surface area contributed by atoms with Crippen LogP contribution in [0.25, 0.3) is 0 Å². The maximum absolute atomic E-state index is 11.2. The number of nitrogens with one attached hydrogen (secondary N) is 1. The summed E-state index contributed by atoms with van der Waals surface area (Å²) in [6.07, 6.45) is -0.618. The lowest BCUT2D eigenvalue weighted by atomic mass is 10.2. The zero-order valence-corrected chi connectivity index (χ0v) is 10.5. The first-order valence-electron chi connectivity index (χ1n) is 5.06. The molecular formula is C11H15ClN2O3. The third-order valence-electron chi connectivity index (χ3n) is 2.00. The molecule has 1 amide bonds. The number of ether oxygens (including phenoxy) is 1. The van der Waals surface area contributed by atoms with Gasteiger partial charge in [0.2, 0.25) is 0 Å². The summed E-state index contributed by atoms with van der Waals surface area (Å²) in [7, 11) is 3.76. The van der Waals surface area contributed by atoms with Gasteiger partial charge >= 0.3 is 6.09 Å². The van der Waals surface area contributed by atoms with E-state index in [1.54, 1.807) is 18.2 Å². The van der Waals surface area contributed by atoms with E-state index in [2.05, 4.69) is 10.1 Å². The second-order valence-corrected chi connectivity index (χ2v) is 3.95. The highest BCUT2D eigenvalue weighted by molar-refractivity contribution is 6.33. The maximum Gasteiger partial charge on any atom is 0.411 e. The molecule has 0 fully saturated rings. The van der Waals surface area contributed by atoms with Crippen molar-refractivity contribution >= 4 is 29.1 Å². The van der Waals surface area contributed by atoms with Gasteiger partial charge < -0.3 is 14.7 Å². The molecule has 17 heavy (non-hydrogen) atoms. The van der Waals surface area contributed by atoms with Crippen molar-refractivity contribution in [3.63, 3.8) is 0 Å². The van der Waals surface area contributed by atoms with Crippen LogP contribution in [0.5, 0.6) is 0 Å². The fraction of sp³-hybridized carbons (Fsp3) is 0.364. The van der Waals surface area contributed by atoms with Crippen LogP contribution in [0.15, 0.2) is 18.2 Å². The number of aliphatic hydroxyl groups excluding tert-OH is 1. The maximum atomic E-state index is 11.2. The van der Waals surface area contributed by atoms with Crippen molar-refractivity contribution in [1.29, 1.82) is 0 Å². The molecule has 0 aliphatic carbocycles. The number of carbonyl (C=O) groups excluding carboxylic acids is 1. The molecule has 0 spiro atoms. The van der Waals surface area contributed by atoms with Gasteiger partial charge in [0, 0.05) is 19.8 Å². The first-order valence-corrected chi connectivity index (χ1v) is 5.44. The molecule has 5 nitrogen and oxygen atoms in total. The lowest BCUT2D eigenvalue weighted by Gasteiger charge is -2.15. The van der Waals surface area contributed by atoms with Gasteiger partial charge in [0.15, 0.2) is 0 Å². The van der Waals surface area contributed by atoms with Crippen molar-refractivity contribution in [2.45, 2.75) is 0 Å². The van der Waals surface area contributed by atoms with E-state index in [0.29, 0.717) is 10.7 Å². The van der Waals surface area contributed by atoms with Crippen molar-refractivity contribution in [3.05, 3.63) is 23.2 Å². The predicted molar refractivity (Wildman–Crippen MR) is 67.8 cm³/mol. The van der Waals surface area contributed by atoms with Crippen molar-refractivity contribution in [2.24, 2.45) is 0 Å². The molecule has 0 bridgehead atoms. The zero-order chi connectivity index (χ0) is 12.8. The third kappa shape index (κ3) is 4.13. The number of aliphatic hydroxyl groups is 1. The summed E-state index contributed by atoms with van der Waals surface area (Å²) in [6, 6.07) is 5.16. The van der Waals surface area contributed by atoms with Gasteiger partial charge in [0.25, 0.3) is 0 Å². The van der Waals surface area contributed by atoms with Crippen molar-refractivity contribution in [1.82, 2.24) is 0 Å². The summed E-state index contributed by atoms with van der Waals surface area (Å²) in [4.78, 5) is 13.1. The Balaban J connectivity index is 2.67. The van der Waals surface area contributed by atoms with E-state index in [0.717, 1.165) is 5.69 Å². The number of rotatable bonds is 4. The van der Waals surface area contributed by atoms with Gasteiger partial charge in [-0.1, -0.05) is 11.6 Å². The van der Waals surface area contributed by atoms with Gasteiger partial charge in [0.1, 0.15) is 6.61 Å². The molecule has 0 unspecified atom stereocenters. The Bertz CT molecular complexity index is 396. The van der Waals surface area contributed by atoms with Crippen molar-refractivity contribution in [2.75, 3.05) is 37.5 Å². The Labute approximate surface area is 105 Å². The van der Waals surface area contributed by atoms with E-state index in [9.17, 15) is 4.79 Å². The average molecular weight is 259 g/mol. The van der Waals surface area contributed by atoms with Crippen LogP contribution in [0.4, 0.5) is 16.2 Å². The van der Waals surface area contributed by atoms with Gasteiger partial charge in [-0.15, -0.1) is 0 Å². The summed E-state index contributed by atoms with van der Waals surface area (Å²) >= 11 is 6.04. The first-order chi connectivity index (χ1) is 8.04. The van der Waals surface area contributed by atoms with Crippen LogP contribution in [0.3, 0.4) is 0 Å². The Morgan fingerprint density at radius 2 is 2.24 bits per heavy atom. The smallest absolute Gasteiger partial charge is 0.411 e. The molecule has 0 saturated heterocycles. The minimum absolute atomic E-state index is 0.0324. The molecule has 1 aromatic rings. The largest absolute Gasteiger partial charge is 0.447 e. The number of nitrogens with zero attached hydrogens (tertiary/aromatic N) is 1. The minimum Gasteiger partial charge on any atom is -0.447 e. The summed E-state index contributed by atoms with van der Waals surface area (Å²) in [5, 5.41) is 11.5. The Kier molecular flexibility index (Phi) is 5.06. The third-order valence-corrected chi connectivity index (χ3v) is 2.30. The van der Waals surface area contributed by atoms with Crippen LogP contribution >= 0.6 is 11.6 Å². The lowest BCUT2D eigenvalue weighted by Crippen LogP contribution is -2.16. The number of hydrogen-bond acceptors (Lipinski definition) is 4. The van der Waals surface area contributed by atoms with E-state index >= 15 is 0 Å². The first kappa shape index (κ1) is 13.6. The average Bonchev–Trinajstić information content (AvgIpc) is 2.26. The highest BCUT2D eigenvalue weighted by atomic mass is 35.5. The number of hydrogen-bond donors (Lipinski definition) is 2. The van der Waals surface area contributed by atoms with E-state index < -0.39 is 6.09 Å². The number of amides is 1. The Hall–Kier alpha value is -1.46. The van der Waals surface area contributed by atoms with E-state index in [1.807, 2.05) is 19.0 Å². The SMILES string of the molecule is CN(C)c1ccc(NC(=O)OCCO)cc1Cl. The van der Waals surface area contributed by atoms with Crippen LogP contribution in [0.2, 0.25) is 5.02 Å². The van der Waals surface area contributed by atoms with Crippen LogP contribution in [-0.4, -0.2) is 38.5 Å². The van der Waals surface area contributed by atoms with E-state index in [1.165, 1.54) is 0 Å². The van der Waals surface area contributed by atoms with Crippen LogP contribution < -0.4 is 10.2 Å². The zero-order valence-electron chi connectivity index (χ0n) is 9.74. The summed E-state index contributed by atoms with van der Waals surface area (Å²) in [5.74, 6) is 0. The van der Waals surface area contributed by atoms with Gasteiger partial charge in [-0.2, -0.15) is 0 Å². The normalized spacial score (nSPS) is 9.88. The molecule has 0 aromatic heterocycles. The monoisotopic (exact) mass is 258 g/mol. The molecule has 2 N–H and O–H groups in total. The fourth-order valence-corrected chi connectivity index (χ4v) is 1.59. The van der Waals surface area contributed by atoms with Crippen molar-refractivity contribution in [3.8, 4) is 0 Å². The highest BCUT2D eigenvalue weighted by Crippen LogP contribution is 2.27. The predicted octanol–water partition coefficient (Wildman–Crippen LogP) is 1.95. The van der Waals surface area contributed by atoms with Crippen LogP contribution in [0.1, 0.15) is 0 Å². The fourth-order valence-electron chi connectivity index (χ4n) is 1.24. The number of benzene rings is 1. The molecule has 0 radical (unpaired) electrons. The molecule has 0 heterocycles. The summed E-state index contributed by atoms with van der Waals surface area (Å²) < 4.78 is 4.66. The minimum atomic E-state index is -0.618. The van der Waals surface area contributed by atoms with Crippen LogP contribution in [0, 0.1) is 0 Å². The van der Waals surface area contributed by atoms with Gasteiger partial charge in [0.05, 0.1) is 17.3 Å². The molecule has 1 aromatic carbocycles. The second-order valence-electron chi connectivity index (χ2n) is 3.55. The quantitative estimate of drug-likeness (QED) is 0.867. The number of halogens is 1. The van der Waals surface area contributed by atoms with E-state index in [-0.39, 0.29) is 13.2 Å². The standard InChI is InChI=1S/C11H15ClN2O3/c1-14(2)10-4-3-8(7-9(10)12)13-11(16)17-6-5-15/h3-4,7,15H,5-6H2,1-2H3,(H,13,16). The number of anilines is 2. The van der Waals surface area contributed by atoms with Gasteiger partial charge in [-0.05, 0) is 18.2 Å². The molecule has 6 heteroatoms. The molecule has 0 aliphatic heterocycles. The topological polar surface area (TPSA) is 61.8 Å². The van der Waals surface area contributed by atoms with Gasteiger partial charge in [-0.3, -0.25) is 5.32 Å². The van der Waals surface area contributed by atoms with Gasteiger partial charge in [-0.25, -0.2) is 4.79 Å². The van der Waals surface area contributed by atoms with E-state index in [4.69, 9.17) is 16.7 Å². The van der Waals surface area contributed by atoms with Crippen LogP contribution in [-0.2, 0) is 4.74 Å². The second kappa shape index (κ2) is 6.32. The lowest BCUT2D eigenvalue weighted by molar-refractivity contribution is 0.131. The molecule has 0 aliphatic rings. The number of carbonyl (C=O) groups is 1. The molecule has 0 atom stereocenters. The molecule has 94 valence electrons. The Morgan fingerprint density at radius 1 is 1.53 bits per heavy atom. The molecule has 1 rings (SSSR count). The molecular weight excluding hydrogens is 244 g/mol. The highest BCUT2D eigenvalue weighted by Gasteiger charge is 2.06. The summed E-state index contributed by atoms with van der Waals surface area (Å²) in [5.41, 5.74) is 1.41. The summed E-state index contributed by atoms with van der Waals surface area (Å²) in [6.45, 7) is -0.233.